The van der Waals surface area contributed by atoms with Crippen LogP contribution in [0.5, 0.6) is 0 Å². The molecule has 0 aliphatic heterocycles. The second-order valence-corrected chi connectivity index (χ2v) is 6.72. The number of nitrogens with zero attached hydrogens (tertiary/aromatic N) is 1. The van der Waals surface area contributed by atoms with Crippen molar-refractivity contribution in [1.82, 2.24) is 4.31 Å². The van der Waals surface area contributed by atoms with Gasteiger partial charge in [0.15, 0.2) is 0 Å². The van der Waals surface area contributed by atoms with Crippen LogP contribution in [0.3, 0.4) is 0 Å². The zero-order chi connectivity index (χ0) is 15.3. The van der Waals surface area contributed by atoms with Crippen molar-refractivity contribution < 1.29 is 18.3 Å². The number of carboxylic acid groups (broad SMARTS) is 1. The van der Waals surface area contributed by atoms with Crippen LogP contribution in [0.2, 0.25) is 0 Å². The quantitative estimate of drug-likeness (QED) is 0.838. The van der Waals surface area contributed by atoms with Gasteiger partial charge in [-0.1, -0.05) is 24.6 Å². The molecule has 0 saturated heterocycles. The smallest absolute Gasteiger partial charge is 0.304 e. The van der Waals surface area contributed by atoms with Gasteiger partial charge in [0.25, 0.3) is 0 Å². The SMILES string of the molecule is CCC(C)N(CCC(=O)O)S(=O)(=O)c1ccc(C)cc1. The van der Waals surface area contributed by atoms with Crippen LogP contribution in [0.1, 0.15) is 32.3 Å². The van der Waals surface area contributed by atoms with Gasteiger partial charge in [-0.25, -0.2) is 8.42 Å². The molecule has 1 unspecified atom stereocenters. The molecule has 112 valence electrons. The van der Waals surface area contributed by atoms with Gasteiger partial charge >= 0.3 is 5.97 Å². The molecule has 6 heteroatoms. The van der Waals surface area contributed by atoms with Crippen LogP contribution in [0.25, 0.3) is 0 Å². The molecule has 0 aromatic heterocycles. The number of carbonyl (C=O) groups is 1. The highest BCUT2D eigenvalue weighted by Crippen LogP contribution is 2.20. The molecule has 5 nitrogen and oxygen atoms in total. The number of hydrogen-bond donors (Lipinski definition) is 1. The molecule has 1 N–H and O–H groups in total. The zero-order valence-corrected chi connectivity index (χ0v) is 12.9. The van der Waals surface area contributed by atoms with Gasteiger partial charge in [-0.15, -0.1) is 0 Å². The van der Waals surface area contributed by atoms with Gasteiger partial charge in [0.1, 0.15) is 0 Å². The fraction of sp³-hybridized carbons (Fsp3) is 0.500. The van der Waals surface area contributed by atoms with Crippen LogP contribution < -0.4 is 0 Å². The molecule has 1 rings (SSSR count). The van der Waals surface area contributed by atoms with Crippen LogP contribution in [-0.4, -0.2) is 36.4 Å². The van der Waals surface area contributed by atoms with E-state index in [4.69, 9.17) is 5.11 Å². The Kier molecular flexibility index (Phi) is 5.71. The van der Waals surface area contributed by atoms with E-state index < -0.39 is 16.0 Å². The lowest BCUT2D eigenvalue weighted by molar-refractivity contribution is -0.137. The Labute approximate surface area is 120 Å². The molecule has 0 bridgehead atoms. The third-order valence-corrected chi connectivity index (χ3v) is 5.28. The molecule has 20 heavy (non-hydrogen) atoms. The van der Waals surface area contributed by atoms with Crippen molar-refractivity contribution in [2.75, 3.05) is 6.54 Å². The van der Waals surface area contributed by atoms with Gasteiger partial charge in [0.2, 0.25) is 10.0 Å². The summed E-state index contributed by atoms with van der Waals surface area (Å²) in [6.45, 7) is 5.53. The largest absolute Gasteiger partial charge is 0.481 e. The standard InChI is InChI=1S/C14H21NO4S/c1-4-12(3)15(10-9-14(16)17)20(18,19)13-7-5-11(2)6-8-13/h5-8,12H,4,9-10H2,1-3H3,(H,16,17). The molecule has 0 aliphatic carbocycles. The maximum Gasteiger partial charge on any atom is 0.304 e. The summed E-state index contributed by atoms with van der Waals surface area (Å²) < 4.78 is 26.4. The highest BCUT2D eigenvalue weighted by Gasteiger charge is 2.28. The predicted octanol–water partition coefficient (Wildman–Crippen LogP) is 2.26. The van der Waals surface area contributed by atoms with Crippen LogP contribution in [0.15, 0.2) is 29.2 Å². The highest BCUT2D eigenvalue weighted by molar-refractivity contribution is 7.89. The fourth-order valence-electron chi connectivity index (χ4n) is 1.83. The van der Waals surface area contributed by atoms with Crippen LogP contribution >= 0.6 is 0 Å². The molecule has 0 heterocycles. The molecule has 1 atom stereocenters. The maximum absolute atomic E-state index is 12.6. The second kappa shape index (κ2) is 6.85. The summed E-state index contributed by atoms with van der Waals surface area (Å²) in [5, 5.41) is 8.77. The summed E-state index contributed by atoms with van der Waals surface area (Å²) in [4.78, 5) is 10.9. The van der Waals surface area contributed by atoms with E-state index in [1.54, 1.807) is 31.2 Å². The van der Waals surface area contributed by atoms with Crippen molar-refractivity contribution in [3.8, 4) is 0 Å². The van der Waals surface area contributed by atoms with Crippen LogP contribution in [-0.2, 0) is 14.8 Å². The number of sulfonamides is 1. The minimum Gasteiger partial charge on any atom is -0.481 e. The van der Waals surface area contributed by atoms with E-state index in [9.17, 15) is 13.2 Å². The van der Waals surface area contributed by atoms with E-state index in [2.05, 4.69) is 0 Å². The summed E-state index contributed by atoms with van der Waals surface area (Å²) in [6, 6.07) is 6.35. The lowest BCUT2D eigenvalue weighted by Gasteiger charge is -2.27. The molecular weight excluding hydrogens is 278 g/mol. The average molecular weight is 299 g/mol. The predicted molar refractivity (Wildman–Crippen MR) is 77.1 cm³/mol. The number of aryl methyl sites for hydroxylation is 1. The Morgan fingerprint density at radius 3 is 2.30 bits per heavy atom. The van der Waals surface area contributed by atoms with Gasteiger partial charge in [-0.2, -0.15) is 4.31 Å². The van der Waals surface area contributed by atoms with Crippen LogP contribution in [0, 0.1) is 6.92 Å². The third kappa shape index (κ3) is 4.05. The maximum atomic E-state index is 12.6. The number of carboxylic acids is 1. The molecule has 1 aromatic rings. The molecule has 0 amide bonds. The Hall–Kier alpha value is -1.40. The fourth-order valence-corrected chi connectivity index (χ4v) is 3.54. The minimum absolute atomic E-state index is 0.0133. The van der Waals surface area contributed by atoms with Crippen molar-refractivity contribution >= 4 is 16.0 Å². The van der Waals surface area contributed by atoms with Gasteiger partial charge in [0.05, 0.1) is 11.3 Å². The highest BCUT2D eigenvalue weighted by atomic mass is 32.2. The zero-order valence-electron chi connectivity index (χ0n) is 12.0. The Morgan fingerprint density at radius 1 is 1.30 bits per heavy atom. The Balaban J connectivity index is 3.09. The first-order valence-corrected chi connectivity index (χ1v) is 8.03. The summed E-state index contributed by atoms with van der Waals surface area (Å²) in [5.41, 5.74) is 0.976. The Morgan fingerprint density at radius 2 is 1.85 bits per heavy atom. The van der Waals surface area contributed by atoms with E-state index in [0.717, 1.165) is 5.56 Å². The summed E-state index contributed by atoms with van der Waals surface area (Å²) in [6.07, 6.45) is 0.431. The lowest BCUT2D eigenvalue weighted by atomic mass is 10.2. The lowest BCUT2D eigenvalue weighted by Crippen LogP contribution is -2.39. The second-order valence-electron chi connectivity index (χ2n) is 4.83. The summed E-state index contributed by atoms with van der Waals surface area (Å²) in [5.74, 6) is -1.00. The molecule has 0 radical (unpaired) electrons. The summed E-state index contributed by atoms with van der Waals surface area (Å²) in [7, 11) is -3.65. The monoisotopic (exact) mass is 299 g/mol. The summed E-state index contributed by atoms with van der Waals surface area (Å²) >= 11 is 0. The molecule has 0 spiro atoms. The molecule has 0 saturated carbocycles. The van der Waals surface area contributed by atoms with Crippen molar-refractivity contribution in [3.05, 3.63) is 29.8 Å². The number of hydrogen-bond acceptors (Lipinski definition) is 3. The van der Waals surface area contributed by atoms with E-state index in [1.165, 1.54) is 4.31 Å². The first-order chi connectivity index (χ1) is 9.28. The van der Waals surface area contributed by atoms with Crippen molar-refractivity contribution in [1.29, 1.82) is 0 Å². The molecular formula is C14H21NO4S. The number of rotatable bonds is 7. The third-order valence-electron chi connectivity index (χ3n) is 3.26. The van der Waals surface area contributed by atoms with E-state index in [1.807, 2.05) is 13.8 Å². The van der Waals surface area contributed by atoms with Gasteiger partial charge in [-0.3, -0.25) is 4.79 Å². The van der Waals surface area contributed by atoms with Gasteiger partial charge in [0, 0.05) is 12.6 Å². The van der Waals surface area contributed by atoms with Crippen LogP contribution in [0.4, 0.5) is 0 Å². The number of benzene rings is 1. The number of aliphatic carboxylic acids is 1. The molecule has 1 aromatic carbocycles. The van der Waals surface area contributed by atoms with Gasteiger partial charge in [-0.05, 0) is 32.4 Å². The van der Waals surface area contributed by atoms with Crippen molar-refractivity contribution in [3.63, 3.8) is 0 Å². The molecule has 0 aliphatic rings. The Bertz CT molecular complexity index is 551. The van der Waals surface area contributed by atoms with E-state index in [-0.39, 0.29) is 23.9 Å². The topological polar surface area (TPSA) is 74.7 Å². The first kappa shape index (κ1) is 16.7. The van der Waals surface area contributed by atoms with Crippen molar-refractivity contribution in [2.45, 2.75) is 44.6 Å². The minimum atomic E-state index is -3.65. The van der Waals surface area contributed by atoms with E-state index >= 15 is 0 Å². The molecule has 0 fully saturated rings. The average Bonchev–Trinajstić information content (AvgIpc) is 2.38. The van der Waals surface area contributed by atoms with Gasteiger partial charge < -0.3 is 5.11 Å². The first-order valence-electron chi connectivity index (χ1n) is 6.59. The normalized spacial score (nSPS) is 13.4. The van der Waals surface area contributed by atoms with E-state index in [0.29, 0.717) is 6.42 Å². The van der Waals surface area contributed by atoms with Crippen molar-refractivity contribution in [2.24, 2.45) is 0 Å².